The molecule has 1 amide bonds. The van der Waals surface area contributed by atoms with Gasteiger partial charge in [-0.1, -0.05) is 12.1 Å². The Morgan fingerprint density at radius 2 is 2.00 bits per heavy atom. The lowest BCUT2D eigenvalue weighted by Crippen LogP contribution is -2.39. The molecule has 1 aliphatic heterocycles. The highest BCUT2D eigenvalue weighted by Crippen LogP contribution is 2.34. The van der Waals surface area contributed by atoms with Gasteiger partial charge >= 0.3 is 0 Å². The van der Waals surface area contributed by atoms with Gasteiger partial charge in [-0.15, -0.1) is 11.3 Å². The highest BCUT2D eigenvalue weighted by Gasteiger charge is 2.30. The Balaban J connectivity index is 1.69. The summed E-state index contributed by atoms with van der Waals surface area (Å²) in [5.74, 6) is 0.459. The van der Waals surface area contributed by atoms with E-state index in [-0.39, 0.29) is 17.6 Å². The molecule has 0 aliphatic carbocycles. The molecule has 1 aromatic carbocycles. The minimum absolute atomic E-state index is 0.0323. The topological polar surface area (TPSA) is 62.2 Å². The first kappa shape index (κ1) is 20.4. The summed E-state index contributed by atoms with van der Waals surface area (Å²) in [6, 6.07) is 6.39. The van der Waals surface area contributed by atoms with Gasteiger partial charge in [0, 0.05) is 44.9 Å². The predicted octanol–water partition coefficient (Wildman–Crippen LogP) is 4.13. The van der Waals surface area contributed by atoms with E-state index in [1.807, 2.05) is 30.8 Å². The Hall–Kier alpha value is -2.87. The summed E-state index contributed by atoms with van der Waals surface area (Å²) in [6.07, 6.45) is 3.64. The number of aryl methyl sites for hydroxylation is 1. The first-order valence-electron chi connectivity index (χ1n) is 9.93. The number of piperidine rings is 1. The standard InChI is InChI=1S/C22H24FN5OS/c1-14-20(30-13-25-14)21(29)28-10-4-5-16(12-28)19-18(11-24-22(26-19)27(2)3)15-6-8-17(23)9-7-15/h6-9,11,13,16H,4-5,10,12H2,1-3H3/t16-/m1/s1. The van der Waals surface area contributed by atoms with Crippen molar-refractivity contribution in [3.63, 3.8) is 0 Å². The number of likely N-dealkylation sites (tertiary alicyclic amines) is 1. The molecule has 0 N–H and O–H groups in total. The summed E-state index contributed by atoms with van der Waals surface area (Å²) in [5, 5.41) is 0. The number of carbonyl (C=O) groups is 1. The summed E-state index contributed by atoms with van der Waals surface area (Å²) in [7, 11) is 3.81. The Labute approximate surface area is 179 Å². The molecule has 3 heterocycles. The monoisotopic (exact) mass is 425 g/mol. The van der Waals surface area contributed by atoms with E-state index in [2.05, 4.69) is 9.97 Å². The van der Waals surface area contributed by atoms with Crippen molar-refractivity contribution in [3.05, 3.63) is 58.1 Å². The lowest BCUT2D eigenvalue weighted by atomic mass is 9.90. The molecule has 1 atom stereocenters. The van der Waals surface area contributed by atoms with Gasteiger partial charge < -0.3 is 9.80 Å². The quantitative estimate of drug-likeness (QED) is 0.629. The van der Waals surface area contributed by atoms with Crippen molar-refractivity contribution in [2.24, 2.45) is 0 Å². The minimum atomic E-state index is -0.277. The van der Waals surface area contributed by atoms with Crippen molar-refractivity contribution in [1.29, 1.82) is 0 Å². The zero-order chi connectivity index (χ0) is 21.3. The first-order chi connectivity index (χ1) is 14.4. The fourth-order valence-electron chi connectivity index (χ4n) is 3.80. The number of carbonyl (C=O) groups excluding carboxylic acids is 1. The number of anilines is 1. The average molecular weight is 426 g/mol. The number of hydrogen-bond donors (Lipinski definition) is 0. The molecule has 1 saturated heterocycles. The molecule has 0 radical (unpaired) electrons. The zero-order valence-electron chi connectivity index (χ0n) is 17.3. The van der Waals surface area contributed by atoms with E-state index >= 15 is 0 Å². The molecule has 0 unspecified atom stereocenters. The third-order valence-electron chi connectivity index (χ3n) is 5.40. The maximum absolute atomic E-state index is 13.4. The van der Waals surface area contributed by atoms with Crippen molar-refractivity contribution < 1.29 is 9.18 Å². The van der Waals surface area contributed by atoms with Crippen molar-refractivity contribution in [3.8, 4) is 11.1 Å². The van der Waals surface area contributed by atoms with Gasteiger partial charge in [0.15, 0.2) is 0 Å². The van der Waals surface area contributed by atoms with Crippen LogP contribution in [0, 0.1) is 12.7 Å². The van der Waals surface area contributed by atoms with Gasteiger partial charge in [-0.3, -0.25) is 4.79 Å². The van der Waals surface area contributed by atoms with Crippen LogP contribution in [0.2, 0.25) is 0 Å². The van der Waals surface area contributed by atoms with Crippen LogP contribution in [0.1, 0.15) is 39.8 Å². The number of rotatable bonds is 4. The van der Waals surface area contributed by atoms with Crippen LogP contribution in [-0.4, -0.2) is 52.9 Å². The Morgan fingerprint density at radius 1 is 1.23 bits per heavy atom. The molecule has 0 spiro atoms. The van der Waals surface area contributed by atoms with Crippen LogP contribution in [0.3, 0.4) is 0 Å². The molecule has 1 aliphatic rings. The number of aromatic nitrogens is 3. The second-order valence-corrected chi connectivity index (χ2v) is 8.58. The normalized spacial score (nSPS) is 16.5. The van der Waals surface area contributed by atoms with Crippen LogP contribution >= 0.6 is 11.3 Å². The molecule has 8 heteroatoms. The second kappa shape index (κ2) is 8.47. The van der Waals surface area contributed by atoms with Crippen LogP contribution < -0.4 is 4.90 Å². The number of hydrogen-bond acceptors (Lipinski definition) is 6. The summed E-state index contributed by atoms with van der Waals surface area (Å²) in [5.41, 5.74) is 5.15. The lowest BCUT2D eigenvalue weighted by Gasteiger charge is -2.33. The van der Waals surface area contributed by atoms with Crippen molar-refractivity contribution in [2.75, 3.05) is 32.1 Å². The Kier molecular flexibility index (Phi) is 5.76. The first-order valence-corrected chi connectivity index (χ1v) is 10.8. The van der Waals surface area contributed by atoms with Crippen molar-refractivity contribution in [2.45, 2.75) is 25.7 Å². The van der Waals surface area contributed by atoms with E-state index in [9.17, 15) is 9.18 Å². The smallest absolute Gasteiger partial charge is 0.265 e. The lowest BCUT2D eigenvalue weighted by molar-refractivity contribution is 0.0710. The Bertz CT molecular complexity index is 1050. The molecule has 6 nitrogen and oxygen atoms in total. The molecule has 0 bridgehead atoms. The zero-order valence-corrected chi connectivity index (χ0v) is 18.1. The SMILES string of the molecule is Cc1ncsc1C(=O)N1CCC[C@@H](c2nc(N(C)C)ncc2-c2ccc(F)cc2)C1. The number of thiazole rings is 1. The summed E-state index contributed by atoms with van der Waals surface area (Å²) in [4.78, 5) is 31.0. The predicted molar refractivity (Wildman–Crippen MR) is 116 cm³/mol. The largest absolute Gasteiger partial charge is 0.347 e. The molecular weight excluding hydrogens is 401 g/mol. The van der Waals surface area contributed by atoms with E-state index in [0.717, 1.165) is 41.9 Å². The van der Waals surface area contributed by atoms with Gasteiger partial charge in [-0.2, -0.15) is 0 Å². The molecule has 156 valence electrons. The molecule has 30 heavy (non-hydrogen) atoms. The molecule has 2 aromatic heterocycles. The highest BCUT2D eigenvalue weighted by molar-refractivity contribution is 7.11. The summed E-state index contributed by atoms with van der Waals surface area (Å²) < 4.78 is 13.4. The maximum atomic E-state index is 13.4. The van der Waals surface area contributed by atoms with Gasteiger partial charge in [0.05, 0.1) is 16.9 Å². The summed E-state index contributed by atoms with van der Waals surface area (Å²) in [6.45, 7) is 3.18. The van der Waals surface area contributed by atoms with Crippen LogP contribution in [0.5, 0.6) is 0 Å². The minimum Gasteiger partial charge on any atom is -0.347 e. The maximum Gasteiger partial charge on any atom is 0.265 e. The molecule has 0 saturated carbocycles. The summed E-state index contributed by atoms with van der Waals surface area (Å²) >= 11 is 1.39. The number of halogens is 1. The van der Waals surface area contributed by atoms with E-state index in [4.69, 9.17) is 4.98 Å². The fourth-order valence-corrected chi connectivity index (χ4v) is 4.57. The van der Waals surface area contributed by atoms with E-state index in [1.165, 1.54) is 23.5 Å². The average Bonchev–Trinajstić information content (AvgIpc) is 3.19. The van der Waals surface area contributed by atoms with Crippen LogP contribution in [0.25, 0.3) is 11.1 Å². The molecule has 4 rings (SSSR count). The second-order valence-electron chi connectivity index (χ2n) is 7.73. The van der Waals surface area contributed by atoms with Gasteiger partial charge in [0.2, 0.25) is 5.95 Å². The van der Waals surface area contributed by atoms with Gasteiger partial charge in [-0.25, -0.2) is 19.3 Å². The van der Waals surface area contributed by atoms with Gasteiger partial charge in [0.25, 0.3) is 5.91 Å². The molecule has 1 fully saturated rings. The van der Waals surface area contributed by atoms with Crippen molar-refractivity contribution in [1.82, 2.24) is 19.9 Å². The van der Waals surface area contributed by atoms with E-state index < -0.39 is 0 Å². The number of benzene rings is 1. The molecular formula is C22H24FN5OS. The van der Waals surface area contributed by atoms with E-state index in [1.54, 1.807) is 23.8 Å². The van der Waals surface area contributed by atoms with Crippen LogP contribution in [0.4, 0.5) is 10.3 Å². The van der Waals surface area contributed by atoms with Crippen LogP contribution in [0.15, 0.2) is 36.0 Å². The number of amides is 1. The third-order valence-corrected chi connectivity index (χ3v) is 6.31. The van der Waals surface area contributed by atoms with Crippen LogP contribution in [-0.2, 0) is 0 Å². The number of nitrogens with zero attached hydrogens (tertiary/aromatic N) is 5. The fraction of sp³-hybridized carbons (Fsp3) is 0.364. The van der Waals surface area contributed by atoms with Crippen molar-refractivity contribution >= 4 is 23.2 Å². The van der Waals surface area contributed by atoms with Gasteiger partial charge in [0.1, 0.15) is 10.7 Å². The van der Waals surface area contributed by atoms with Gasteiger partial charge in [-0.05, 0) is 37.5 Å². The van der Waals surface area contributed by atoms with E-state index in [0.29, 0.717) is 17.4 Å². The third kappa shape index (κ3) is 4.05. The molecule has 3 aromatic rings. The Morgan fingerprint density at radius 3 is 2.67 bits per heavy atom. The highest BCUT2D eigenvalue weighted by atomic mass is 32.1.